The number of thioether (sulfide) groups is 1. The van der Waals surface area contributed by atoms with E-state index in [0.717, 1.165) is 11.8 Å². The van der Waals surface area contributed by atoms with E-state index < -0.39 is 5.97 Å². The molecule has 0 aliphatic rings. The topological polar surface area (TPSA) is 66.8 Å². The molecule has 0 unspecified atom stereocenters. The lowest BCUT2D eigenvalue weighted by Crippen LogP contribution is -2.28. The summed E-state index contributed by atoms with van der Waals surface area (Å²) in [5, 5.41) is 8.53. The molecule has 0 heterocycles. The second-order valence-electron chi connectivity index (χ2n) is 3.74. The molecule has 0 saturated heterocycles. The predicted octanol–water partition coefficient (Wildman–Crippen LogP) is 1.87. The van der Waals surface area contributed by atoms with Gasteiger partial charge in [-0.3, -0.25) is 9.59 Å². The Morgan fingerprint density at radius 1 is 1.32 bits per heavy atom. The van der Waals surface area contributed by atoms with Crippen LogP contribution in [0.1, 0.15) is 6.92 Å². The van der Waals surface area contributed by atoms with Crippen molar-refractivity contribution in [2.45, 2.75) is 6.92 Å². The zero-order valence-electron chi connectivity index (χ0n) is 11.0. The van der Waals surface area contributed by atoms with E-state index in [0.29, 0.717) is 18.0 Å². The summed E-state index contributed by atoms with van der Waals surface area (Å²) in [6.45, 7) is 2.40. The monoisotopic (exact) mass is 283 g/mol. The van der Waals surface area contributed by atoms with Gasteiger partial charge in [-0.05, 0) is 19.1 Å². The highest BCUT2D eigenvalue weighted by Crippen LogP contribution is 2.27. The van der Waals surface area contributed by atoms with Gasteiger partial charge in [0.05, 0.1) is 23.8 Å². The third-order valence-corrected chi connectivity index (χ3v) is 3.25. The van der Waals surface area contributed by atoms with Gasteiger partial charge in [-0.15, -0.1) is 11.8 Å². The number of nitrogens with zero attached hydrogens (tertiary/aromatic N) is 1. The maximum atomic E-state index is 11.9. The van der Waals surface area contributed by atoms with Gasteiger partial charge in [-0.2, -0.15) is 0 Å². The van der Waals surface area contributed by atoms with Crippen molar-refractivity contribution in [3.05, 3.63) is 24.3 Å². The van der Waals surface area contributed by atoms with Crippen LogP contribution in [-0.2, 0) is 9.59 Å². The van der Waals surface area contributed by atoms with Crippen molar-refractivity contribution >= 4 is 29.3 Å². The Morgan fingerprint density at radius 3 is 2.63 bits per heavy atom. The molecule has 0 spiro atoms. The van der Waals surface area contributed by atoms with Crippen LogP contribution in [0.5, 0.6) is 5.75 Å². The Labute approximate surface area is 116 Å². The van der Waals surface area contributed by atoms with Crippen LogP contribution >= 0.6 is 11.8 Å². The number of anilines is 1. The van der Waals surface area contributed by atoms with Gasteiger partial charge in [-0.25, -0.2) is 0 Å². The first-order valence-corrected chi connectivity index (χ1v) is 6.99. The third-order valence-electron chi connectivity index (χ3n) is 2.35. The molecular weight excluding hydrogens is 266 g/mol. The van der Waals surface area contributed by atoms with Gasteiger partial charge in [0.2, 0.25) is 5.91 Å². The zero-order valence-corrected chi connectivity index (χ0v) is 11.8. The van der Waals surface area contributed by atoms with E-state index in [9.17, 15) is 9.59 Å². The first-order chi connectivity index (χ1) is 9.06. The largest absolute Gasteiger partial charge is 0.492 e. The summed E-state index contributed by atoms with van der Waals surface area (Å²) < 4.78 is 5.46. The van der Waals surface area contributed by atoms with Gasteiger partial charge in [0.1, 0.15) is 5.75 Å². The van der Waals surface area contributed by atoms with E-state index in [2.05, 4.69) is 0 Å². The quantitative estimate of drug-likeness (QED) is 0.827. The second-order valence-corrected chi connectivity index (χ2v) is 4.73. The van der Waals surface area contributed by atoms with Crippen molar-refractivity contribution < 1.29 is 19.4 Å². The average Bonchev–Trinajstić information content (AvgIpc) is 2.38. The predicted molar refractivity (Wildman–Crippen MR) is 76.0 cm³/mol. The maximum Gasteiger partial charge on any atom is 0.313 e. The number of carboxylic acid groups (broad SMARTS) is 1. The van der Waals surface area contributed by atoms with Crippen LogP contribution in [0.3, 0.4) is 0 Å². The lowest BCUT2D eigenvalue weighted by Gasteiger charge is -2.20. The molecule has 0 aliphatic carbocycles. The van der Waals surface area contributed by atoms with Gasteiger partial charge >= 0.3 is 5.97 Å². The summed E-state index contributed by atoms with van der Waals surface area (Å²) in [7, 11) is 1.65. The van der Waals surface area contributed by atoms with Gasteiger partial charge in [0, 0.05) is 7.05 Å². The Morgan fingerprint density at radius 2 is 2.00 bits per heavy atom. The molecule has 104 valence electrons. The maximum absolute atomic E-state index is 11.9. The molecule has 1 aromatic rings. The SMILES string of the molecule is CCOc1ccccc1N(C)C(=O)CSCC(=O)O. The van der Waals surface area contributed by atoms with Crippen molar-refractivity contribution in [3.8, 4) is 5.75 Å². The van der Waals surface area contributed by atoms with Gasteiger partial charge in [0.25, 0.3) is 0 Å². The zero-order chi connectivity index (χ0) is 14.3. The number of para-hydroxylation sites is 2. The van der Waals surface area contributed by atoms with Crippen LogP contribution < -0.4 is 9.64 Å². The highest BCUT2D eigenvalue weighted by molar-refractivity contribution is 8.00. The number of benzene rings is 1. The number of rotatable bonds is 7. The van der Waals surface area contributed by atoms with E-state index in [1.807, 2.05) is 19.1 Å². The number of hydrogen-bond acceptors (Lipinski definition) is 4. The first kappa shape index (κ1) is 15.4. The number of amides is 1. The molecule has 1 N–H and O–H groups in total. The van der Waals surface area contributed by atoms with Crippen LogP contribution in [0.4, 0.5) is 5.69 Å². The molecule has 1 amide bonds. The summed E-state index contributed by atoms with van der Waals surface area (Å²) in [5.74, 6) is -0.381. The molecule has 1 rings (SSSR count). The minimum absolute atomic E-state index is 0.0767. The summed E-state index contributed by atoms with van der Waals surface area (Å²) in [6.07, 6.45) is 0. The Hall–Kier alpha value is -1.69. The molecule has 0 fully saturated rings. The van der Waals surface area contributed by atoms with Crippen molar-refractivity contribution in [3.63, 3.8) is 0 Å². The number of carbonyl (C=O) groups is 2. The van der Waals surface area contributed by atoms with E-state index in [1.165, 1.54) is 4.90 Å². The van der Waals surface area contributed by atoms with Crippen molar-refractivity contribution in [1.82, 2.24) is 0 Å². The van der Waals surface area contributed by atoms with Crippen LogP contribution in [0.15, 0.2) is 24.3 Å². The standard InChI is InChI=1S/C13H17NO4S/c1-3-18-11-7-5-4-6-10(11)14(2)12(15)8-19-9-13(16)17/h4-7H,3,8-9H2,1-2H3,(H,16,17). The van der Waals surface area contributed by atoms with Crippen LogP contribution in [0.25, 0.3) is 0 Å². The molecule has 19 heavy (non-hydrogen) atoms. The van der Waals surface area contributed by atoms with Crippen molar-refractivity contribution in [2.24, 2.45) is 0 Å². The summed E-state index contributed by atoms with van der Waals surface area (Å²) in [4.78, 5) is 23.8. The normalized spacial score (nSPS) is 10.0. The number of hydrogen-bond donors (Lipinski definition) is 1. The smallest absolute Gasteiger partial charge is 0.313 e. The molecule has 0 radical (unpaired) electrons. The highest BCUT2D eigenvalue weighted by atomic mass is 32.2. The van der Waals surface area contributed by atoms with Crippen molar-refractivity contribution in [1.29, 1.82) is 0 Å². The fraction of sp³-hybridized carbons (Fsp3) is 0.385. The summed E-state index contributed by atoms with van der Waals surface area (Å²) in [5.41, 5.74) is 0.685. The Kier molecular flexibility index (Phi) is 6.21. The minimum atomic E-state index is -0.921. The van der Waals surface area contributed by atoms with Gasteiger partial charge in [0.15, 0.2) is 0 Å². The fourth-order valence-corrected chi connectivity index (χ4v) is 2.11. The van der Waals surface area contributed by atoms with E-state index in [4.69, 9.17) is 9.84 Å². The van der Waals surface area contributed by atoms with E-state index in [1.54, 1.807) is 19.2 Å². The second kappa shape index (κ2) is 7.68. The van der Waals surface area contributed by atoms with Crippen LogP contribution in [0.2, 0.25) is 0 Å². The molecule has 1 aromatic carbocycles. The number of ether oxygens (including phenoxy) is 1. The summed E-state index contributed by atoms with van der Waals surface area (Å²) >= 11 is 1.08. The molecule has 0 aliphatic heterocycles. The average molecular weight is 283 g/mol. The van der Waals surface area contributed by atoms with E-state index in [-0.39, 0.29) is 17.4 Å². The van der Waals surface area contributed by atoms with Gasteiger partial charge in [-0.1, -0.05) is 12.1 Å². The summed E-state index contributed by atoms with van der Waals surface area (Å²) in [6, 6.07) is 7.26. The van der Waals surface area contributed by atoms with Crippen molar-refractivity contribution in [2.75, 3.05) is 30.1 Å². The first-order valence-electron chi connectivity index (χ1n) is 5.84. The lowest BCUT2D eigenvalue weighted by molar-refractivity contribution is -0.133. The van der Waals surface area contributed by atoms with Crippen LogP contribution in [0, 0.1) is 0 Å². The number of carboxylic acids is 1. The molecule has 0 saturated carbocycles. The number of aliphatic carboxylic acids is 1. The Balaban J connectivity index is 2.68. The highest BCUT2D eigenvalue weighted by Gasteiger charge is 2.15. The molecule has 5 nitrogen and oxygen atoms in total. The molecule has 0 atom stereocenters. The third kappa shape index (κ3) is 4.82. The molecule has 6 heteroatoms. The minimum Gasteiger partial charge on any atom is -0.492 e. The van der Waals surface area contributed by atoms with Crippen LogP contribution in [-0.4, -0.2) is 42.1 Å². The number of carbonyl (C=O) groups excluding carboxylic acids is 1. The molecule has 0 aromatic heterocycles. The van der Waals surface area contributed by atoms with E-state index >= 15 is 0 Å². The molecular formula is C13H17NO4S. The fourth-order valence-electron chi connectivity index (χ4n) is 1.47. The Bertz CT molecular complexity index is 450. The molecule has 0 bridgehead atoms. The lowest BCUT2D eigenvalue weighted by atomic mass is 10.2. The van der Waals surface area contributed by atoms with Gasteiger partial charge < -0.3 is 14.7 Å².